The number of piperidine rings is 1. The minimum atomic E-state index is -0.589. The zero-order chi connectivity index (χ0) is 14.0. The number of hydrogen-bond donors (Lipinski definition) is 3. The SMILES string of the molecule is Cc1cc(/C(N)=N/O)cc(N2CCC(C)(O)CC2)n1. The van der Waals surface area contributed by atoms with E-state index in [1.165, 1.54) is 0 Å². The van der Waals surface area contributed by atoms with Crippen molar-refractivity contribution in [2.24, 2.45) is 10.9 Å². The highest BCUT2D eigenvalue weighted by molar-refractivity contribution is 5.97. The van der Waals surface area contributed by atoms with E-state index in [1.807, 2.05) is 19.9 Å². The summed E-state index contributed by atoms with van der Waals surface area (Å²) in [4.78, 5) is 6.58. The van der Waals surface area contributed by atoms with E-state index in [9.17, 15) is 5.11 Å². The van der Waals surface area contributed by atoms with Crippen molar-refractivity contribution < 1.29 is 10.3 Å². The summed E-state index contributed by atoms with van der Waals surface area (Å²) >= 11 is 0. The van der Waals surface area contributed by atoms with Crippen molar-refractivity contribution in [3.05, 3.63) is 23.4 Å². The van der Waals surface area contributed by atoms with Gasteiger partial charge in [-0.1, -0.05) is 5.16 Å². The molecule has 0 radical (unpaired) electrons. The Balaban J connectivity index is 2.24. The minimum absolute atomic E-state index is 0.0794. The number of aryl methyl sites for hydroxylation is 1. The molecule has 0 unspecified atom stereocenters. The van der Waals surface area contributed by atoms with Crippen LogP contribution < -0.4 is 10.6 Å². The average Bonchev–Trinajstić information content (AvgIpc) is 2.37. The third-order valence-corrected chi connectivity index (χ3v) is 3.51. The molecule has 0 bridgehead atoms. The summed E-state index contributed by atoms with van der Waals surface area (Å²) in [5.41, 5.74) is 6.50. The number of oxime groups is 1. The summed E-state index contributed by atoms with van der Waals surface area (Å²) in [5, 5.41) is 21.7. The lowest BCUT2D eigenvalue weighted by Gasteiger charge is -2.36. The molecule has 104 valence electrons. The molecule has 0 spiro atoms. The number of rotatable bonds is 2. The van der Waals surface area contributed by atoms with Gasteiger partial charge in [-0.05, 0) is 38.8 Å². The summed E-state index contributed by atoms with van der Waals surface area (Å²) < 4.78 is 0. The smallest absolute Gasteiger partial charge is 0.170 e. The van der Waals surface area contributed by atoms with Gasteiger partial charge >= 0.3 is 0 Å². The monoisotopic (exact) mass is 264 g/mol. The Morgan fingerprint density at radius 1 is 1.42 bits per heavy atom. The molecule has 0 atom stereocenters. The molecule has 1 aliphatic heterocycles. The Morgan fingerprint density at radius 2 is 2.05 bits per heavy atom. The fourth-order valence-corrected chi connectivity index (χ4v) is 2.24. The molecule has 4 N–H and O–H groups in total. The van der Waals surface area contributed by atoms with Gasteiger partial charge in [-0.3, -0.25) is 0 Å². The lowest BCUT2D eigenvalue weighted by molar-refractivity contribution is 0.0350. The summed E-state index contributed by atoms with van der Waals surface area (Å²) in [6.07, 6.45) is 1.42. The van der Waals surface area contributed by atoms with Gasteiger partial charge in [0.25, 0.3) is 0 Å². The Morgan fingerprint density at radius 3 is 2.63 bits per heavy atom. The number of nitrogens with two attached hydrogens (primary N) is 1. The Hall–Kier alpha value is -1.82. The predicted octanol–water partition coefficient (Wildman–Crippen LogP) is 0.836. The first-order chi connectivity index (χ1) is 8.91. The Kier molecular flexibility index (Phi) is 3.61. The fourth-order valence-electron chi connectivity index (χ4n) is 2.24. The van der Waals surface area contributed by atoms with Crippen molar-refractivity contribution in [2.75, 3.05) is 18.0 Å². The summed E-state index contributed by atoms with van der Waals surface area (Å²) in [6.45, 7) is 5.23. The van der Waals surface area contributed by atoms with Crippen LogP contribution >= 0.6 is 0 Å². The molecular formula is C13H20N4O2. The fraction of sp³-hybridized carbons (Fsp3) is 0.538. The van der Waals surface area contributed by atoms with Crippen molar-refractivity contribution in [3.8, 4) is 0 Å². The van der Waals surface area contributed by atoms with Gasteiger partial charge in [-0.15, -0.1) is 0 Å². The van der Waals surface area contributed by atoms with Crippen molar-refractivity contribution in [3.63, 3.8) is 0 Å². The van der Waals surface area contributed by atoms with Gasteiger partial charge in [0.1, 0.15) is 5.82 Å². The van der Waals surface area contributed by atoms with Crippen LogP contribution in [0.25, 0.3) is 0 Å². The maximum atomic E-state index is 9.96. The highest BCUT2D eigenvalue weighted by atomic mass is 16.4. The van der Waals surface area contributed by atoms with E-state index >= 15 is 0 Å². The molecular weight excluding hydrogens is 244 g/mol. The third-order valence-electron chi connectivity index (χ3n) is 3.51. The topological polar surface area (TPSA) is 95.0 Å². The molecule has 6 heteroatoms. The molecule has 1 saturated heterocycles. The van der Waals surface area contributed by atoms with Gasteiger partial charge in [0.05, 0.1) is 5.60 Å². The van der Waals surface area contributed by atoms with Crippen molar-refractivity contribution in [1.82, 2.24) is 4.98 Å². The number of anilines is 1. The number of pyridine rings is 1. The van der Waals surface area contributed by atoms with E-state index in [1.54, 1.807) is 6.07 Å². The van der Waals surface area contributed by atoms with Crippen LogP contribution in [0.3, 0.4) is 0 Å². The van der Waals surface area contributed by atoms with Crippen LogP contribution in [0.1, 0.15) is 31.0 Å². The summed E-state index contributed by atoms with van der Waals surface area (Å²) in [5.74, 6) is 0.882. The maximum absolute atomic E-state index is 9.96. The zero-order valence-corrected chi connectivity index (χ0v) is 11.3. The molecule has 0 saturated carbocycles. The van der Waals surface area contributed by atoms with E-state index in [4.69, 9.17) is 10.9 Å². The normalized spacial score (nSPS) is 19.5. The Labute approximate surface area is 112 Å². The molecule has 0 amide bonds. The van der Waals surface area contributed by atoms with Gasteiger partial charge in [0, 0.05) is 24.3 Å². The molecule has 1 fully saturated rings. The minimum Gasteiger partial charge on any atom is -0.409 e. The first-order valence-corrected chi connectivity index (χ1v) is 6.35. The molecule has 1 aliphatic rings. The predicted molar refractivity (Wildman–Crippen MR) is 73.6 cm³/mol. The Bertz CT molecular complexity index is 489. The van der Waals surface area contributed by atoms with E-state index in [0.29, 0.717) is 18.4 Å². The molecule has 2 heterocycles. The zero-order valence-electron chi connectivity index (χ0n) is 11.3. The molecule has 0 aliphatic carbocycles. The molecule has 2 rings (SSSR count). The van der Waals surface area contributed by atoms with Gasteiger partial charge in [0.15, 0.2) is 5.84 Å². The molecule has 6 nitrogen and oxygen atoms in total. The molecule has 19 heavy (non-hydrogen) atoms. The first-order valence-electron chi connectivity index (χ1n) is 6.35. The second kappa shape index (κ2) is 5.05. The lowest BCUT2D eigenvalue weighted by Crippen LogP contribution is -2.42. The number of aromatic nitrogens is 1. The second-order valence-electron chi connectivity index (χ2n) is 5.32. The van der Waals surface area contributed by atoms with E-state index in [2.05, 4.69) is 15.0 Å². The van der Waals surface area contributed by atoms with Crippen LogP contribution in [0.4, 0.5) is 5.82 Å². The largest absolute Gasteiger partial charge is 0.409 e. The van der Waals surface area contributed by atoms with Crippen LogP contribution in [-0.2, 0) is 0 Å². The van der Waals surface area contributed by atoms with Gasteiger partial charge < -0.3 is 20.9 Å². The van der Waals surface area contributed by atoms with Crippen LogP contribution in [0.5, 0.6) is 0 Å². The van der Waals surface area contributed by atoms with Crippen molar-refractivity contribution in [2.45, 2.75) is 32.3 Å². The van der Waals surface area contributed by atoms with Crippen LogP contribution in [0.2, 0.25) is 0 Å². The van der Waals surface area contributed by atoms with Crippen LogP contribution in [0.15, 0.2) is 17.3 Å². The number of hydrogen-bond acceptors (Lipinski definition) is 5. The van der Waals surface area contributed by atoms with E-state index in [0.717, 1.165) is 24.6 Å². The number of amidine groups is 1. The lowest BCUT2D eigenvalue weighted by atomic mass is 9.94. The van der Waals surface area contributed by atoms with Crippen molar-refractivity contribution >= 4 is 11.7 Å². The van der Waals surface area contributed by atoms with E-state index < -0.39 is 5.60 Å². The van der Waals surface area contributed by atoms with Gasteiger partial charge in [-0.25, -0.2) is 4.98 Å². The van der Waals surface area contributed by atoms with Gasteiger partial charge in [-0.2, -0.15) is 0 Å². The number of nitrogens with zero attached hydrogens (tertiary/aromatic N) is 3. The first kappa shape index (κ1) is 13.6. The maximum Gasteiger partial charge on any atom is 0.170 e. The van der Waals surface area contributed by atoms with Crippen LogP contribution in [-0.4, -0.2) is 39.8 Å². The highest BCUT2D eigenvalue weighted by Crippen LogP contribution is 2.25. The van der Waals surface area contributed by atoms with Gasteiger partial charge in [0.2, 0.25) is 0 Å². The summed E-state index contributed by atoms with van der Waals surface area (Å²) in [6, 6.07) is 3.58. The van der Waals surface area contributed by atoms with Crippen LogP contribution in [0, 0.1) is 6.92 Å². The van der Waals surface area contributed by atoms with E-state index in [-0.39, 0.29) is 5.84 Å². The molecule has 1 aromatic heterocycles. The van der Waals surface area contributed by atoms with Crippen molar-refractivity contribution in [1.29, 1.82) is 0 Å². The quantitative estimate of drug-likeness (QED) is 0.318. The summed E-state index contributed by atoms with van der Waals surface area (Å²) in [7, 11) is 0. The average molecular weight is 264 g/mol. The number of aliphatic hydroxyl groups is 1. The molecule has 0 aromatic carbocycles. The standard InChI is InChI=1S/C13H20N4O2/c1-9-7-10(12(14)16-19)8-11(15-9)17-5-3-13(2,18)4-6-17/h7-8,18-19H,3-6H2,1-2H3,(H2,14,16). The second-order valence-corrected chi connectivity index (χ2v) is 5.32. The molecule has 1 aromatic rings. The highest BCUT2D eigenvalue weighted by Gasteiger charge is 2.28. The third kappa shape index (κ3) is 3.14.